The summed E-state index contributed by atoms with van der Waals surface area (Å²) in [5.74, 6) is -0.936. The van der Waals surface area contributed by atoms with Crippen LogP contribution in [0.5, 0.6) is 0 Å². The molecule has 0 heterocycles. The smallest absolute Gasteiger partial charge is 0.306 e. The van der Waals surface area contributed by atoms with Crippen molar-refractivity contribution in [1.82, 2.24) is 0 Å². The van der Waals surface area contributed by atoms with Gasteiger partial charge in [0.25, 0.3) is 0 Å². The highest BCUT2D eigenvalue weighted by atomic mass is 16.5. The Morgan fingerprint density at radius 1 is 1.42 bits per heavy atom. The molecule has 72 valence electrons. The minimum atomic E-state index is -0.708. The highest BCUT2D eigenvalue weighted by Crippen LogP contribution is 2.10. The highest BCUT2D eigenvalue weighted by molar-refractivity contribution is 5.69. The number of ether oxygens (including phenoxy) is 1. The molecule has 2 atom stereocenters. The summed E-state index contributed by atoms with van der Waals surface area (Å²) in [6, 6.07) is 0. The number of carboxylic acid groups (broad SMARTS) is 1. The van der Waals surface area contributed by atoms with Crippen molar-refractivity contribution in [3.8, 4) is 0 Å². The minimum absolute atomic E-state index is 0.228. The van der Waals surface area contributed by atoms with Gasteiger partial charge in [-0.1, -0.05) is 13.3 Å². The van der Waals surface area contributed by atoms with Gasteiger partial charge in [0.15, 0.2) is 0 Å². The zero-order valence-electron chi connectivity index (χ0n) is 8.04. The van der Waals surface area contributed by atoms with Crippen LogP contribution >= 0.6 is 0 Å². The van der Waals surface area contributed by atoms with Crippen LogP contribution in [-0.4, -0.2) is 24.3 Å². The number of methoxy groups -OCH3 is 1. The normalized spacial score (nSPS) is 15.6. The van der Waals surface area contributed by atoms with Crippen molar-refractivity contribution in [2.75, 3.05) is 7.11 Å². The van der Waals surface area contributed by atoms with Crippen molar-refractivity contribution in [3.63, 3.8) is 0 Å². The van der Waals surface area contributed by atoms with Crippen LogP contribution in [0.1, 0.15) is 33.1 Å². The first-order chi connectivity index (χ1) is 5.57. The standard InChI is InChI=1S/C9H18O3/c1-7(9(10)11)5-4-6-8(2)12-3/h7-8H,4-6H2,1-3H3,(H,10,11). The molecule has 0 saturated carbocycles. The van der Waals surface area contributed by atoms with E-state index < -0.39 is 5.97 Å². The van der Waals surface area contributed by atoms with Gasteiger partial charge in [0.2, 0.25) is 0 Å². The van der Waals surface area contributed by atoms with E-state index in [9.17, 15) is 4.79 Å². The van der Waals surface area contributed by atoms with Crippen LogP contribution in [0.3, 0.4) is 0 Å². The van der Waals surface area contributed by atoms with Crippen molar-refractivity contribution in [2.45, 2.75) is 39.2 Å². The summed E-state index contributed by atoms with van der Waals surface area (Å²) in [5.41, 5.74) is 0. The third-order valence-corrected chi connectivity index (χ3v) is 2.07. The SMILES string of the molecule is COC(C)CCCC(C)C(=O)O. The van der Waals surface area contributed by atoms with Crippen molar-refractivity contribution in [3.05, 3.63) is 0 Å². The molecule has 0 aromatic carbocycles. The summed E-state index contributed by atoms with van der Waals surface area (Å²) in [5, 5.41) is 8.57. The maximum absolute atomic E-state index is 10.4. The molecule has 0 aromatic heterocycles. The van der Waals surface area contributed by atoms with Crippen molar-refractivity contribution in [2.24, 2.45) is 5.92 Å². The molecule has 1 N–H and O–H groups in total. The van der Waals surface area contributed by atoms with Gasteiger partial charge in [-0.05, 0) is 19.8 Å². The van der Waals surface area contributed by atoms with Crippen LogP contribution in [0.25, 0.3) is 0 Å². The Bertz CT molecular complexity index is 134. The molecule has 2 unspecified atom stereocenters. The molecule has 0 aromatic rings. The molecule has 0 saturated heterocycles. The van der Waals surface area contributed by atoms with Gasteiger partial charge >= 0.3 is 5.97 Å². The minimum Gasteiger partial charge on any atom is -0.481 e. The summed E-state index contributed by atoms with van der Waals surface area (Å²) < 4.78 is 5.05. The Morgan fingerprint density at radius 2 is 2.00 bits per heavy atom. The number of hydrogen-bond acceptors (Lipinski definition) is 2. The van der Waals surface area contributed by atoms with Crippen LogP contribution in [0, 0.1) is 5.92 Å². The maximum Gasteiger partial charge on any atom is 0.306 e. The Labute approximate surface area is 73.7 Å². The molecule has 3 heteroatoms. The molecule has 0 aliphatic heterocycles. The third-order valence-electron chi connectivity index (χ3n) is 2.07. The van der Waals surface area contributed by atoms with Gasteiger partial charge in [0.1, 0.15) is 0 Å². The summed E-state index contributed by atoms with van der Waals surface area (Å²) in [7, 11) is 1.67. The lowest BCUT2D eigenvalue weighted by molar-refractivity contribution is -0.141. The van der Waals surface area contributed by atoms with E-state index in [0.29, 0.717) is 0 Å². The summed E-state index contributed by atoms with van der Waals surface area (Å²) in [6.07, 6.45) is 2.84. The Morgan fingerprint density at radius 3 is 2.42 bits per heavy atom. The topological polar surface area (TPSA) is 46.5 Å². The average Bonchev–Trinajstić information content (AvgIpc) is 2.03. The molecule has 0 amide bonds. The second-order valence-electron chi connectivity index (χ2n) is 3.22. The first kappa shape index (κ1) is 11.4. The molecule has 0 bridgehead atoms. The lowest BCUT2D eigenvalue weighted by Crippen LogP contribution is -2.11. The van der Waals surface area contributed by atoms with Crippen molar-refractivity contribution >= 4 is 5.97 Å². The zero-order valence-corrected chi connectivity index (χ0v) is 8.04. The Kier molecular flexibility index (Phi) is 5.72. The van der Waals surface area contributed by atoms with E-state index in [2.05, 4.69) is 0 Å². The van der Waals surface area contributed by atoms with Gasteiger partial charge < -0.3 is 9.84 Å². The van der Waals surface area contributed by atoms with Gasteiger partial charge in [-0.2, -0.15) is 0 Å². The van der Waals surface area contributed by atoms with Crippen LogP contribution in [-0.2, 0) is 9.53 Å². The lowest BCUT2D eigenvalue weighted by atomic mass is 10.0. The van der Waals surface area contributed by atoms with Crippen molar-refractivity contribution < 1.29 is 14.6 Å². The Balaban J connectivity index is 3.37. The number of carboxylic acids is 1. The average molecular weight is 174 g/mol. The van der Waals surface area contributed by atoms with E-state index in [0.717, 1.165) is 19.3 Å². The predicted octanol–water partition coefficient (Wildman–Crippen LogP) is 1.91. The number of rotatable bonds is 6. The van der Waals surface area contributed by atoms with Crippen LogP contribution in [0.15, 0.2) is 0 Å². The quantitative estimate of drug-likeness (QED) is 0.669. The predicted molar refractivity (Wildman–Crippen MR) is 47.1 cm³/mol. The number of aliphatic carboxylic acids is 1. The molecular formula is C9H18O3. The fraction of sp³-hybridized carbons (Fsp3) is 0.889. The summed E-state index contributed by atoms with van der Waals surface area (Å²) in [6.45, 7) is 3.73. The maximum atomic E-state index is 10.4. The monoisotopic (exact) mass is 174 g/mol. The third kappa shape index (κ3) is 5.13. The first-order valence-electron chi connectivity index (χ1n) is 4.33. The van der Waals surface area contributed by atoms with Gasteiger partial charge in [0.05, 0.1) is 12.0 Å². The second-order valence-corrected chi connectivity index (χ2v) is 3.22. The van der Waals surface area contributed by atoms with E-state index in [1.165, 1.54) is 0 Å². The molecule has 0 spiro atoms. The van der Waals surface area contributed by atoms with Crippen LogP contribution in [0.2, 0.25) is 0 Å². The summed E-state index contributed by atoms with van der Waals surface area (Å²) in [4.78, 5) is 10.4. The van der Waals surface area contributed by atoms with Crippen molar-refractivity contribution in [1.29, 1.82) is 0 Å². The van der Waals surface area contributed by atoms with Gasteiger partial charge in [-0.3, -0.25) is 4.79 Å². The van der Waals surface area contributed by atoms with Crippen LogP contribution < -0.4 is 0 Å². The fourth-order valence-corrected chi connectivity index (χ4v) is 0.953. The molecule has 0 fully saturated rings. The van der Waals surface area contributed by atoms with E-state index >= 15 is 0 Å². The van der Waals surface area contributed by atoms with E-state index in [1.807, 2.05) is 6.92 Å². The highest BCUT2D eigenvalue weighted by Gasteiger charge is 2.10. The first-order valence-corrected chi connectivity index (χ1v) is 4.33. The lowest BCUT2D eigenvalue weighted by Gasteiger charge is -2.10. The molecule has 3 nitrogen and oxygen atoms in total. The second kappa shape index (κ2) is 6.00. The molecular weight excluding hydrogens is 156 g/mol. The molecule has 12 heavy (non-hydrogen) atoms. The van der Waals surface area contributed by atoms with Gasteiger partial charge in [-0.25, -0.2) is 0 Å². The number of carbonyl (C=O) groups is 1. The van der Waals surface area contributed by atoms with Gasteiger partial charge in [-0.15, -0.1) is 0 Å². The van der Waals surface area contributed by atoms with Gasteiger partial charge in [0, 0.05) is 7.11 Å². The van der Waals surface area contributed by atoms with Crippen LogP contribution in [0.4, 0.5) is 0 Å². The molecule has 0 radical (unpaired) electrons. The number of hydrogen-bond donors (Lipinski definition) is 1. The molecule has 0 aliphatic carbocycles. The zero-order chi connectivity index (χ0) is 9.56. The largest absolute Gasteiger partial charge is 0.481 e. The van der Waals surface area contributed by atoms with E-state index in [1.54, 1.807) is 14.0 Å². The van der Waals surface area contributed by atoms with E-state index in [-0.39, 0.29) is 12.0 Å². The summed E-state index contributed by atoms with van der Waals surface area (Å²) >= 11 is 0. The molecule has 0 rings (SSSR count). The Hall–Kier alpha value is -0.570. The van der Waals surface area contributed by atoms with E-state index in [4.69, 9.17) is 9.84 Å². The fourth-order valence-electron chi connectivity index (χ4n) is 0.953. The molecule has 0 aliphatic rings.